The topological polar surface area (TPSA) is 40.1 Å². The van der Waals surface area contributed by atoms with Crippen molar-refractivity contribution in [2.45, 2.75) is 6.42 Å². The van der Waals surface area contributed by atoms with Gasteiger partial charge in [0, 0.05) is 18.0 Å². The summed E-state index contributed by atoms with van der Waals surface area (Å²) in [5.74, 6) is -1.41. The van der Waals surface area contributed by atoms with E-state index in [1.165, 1.54) is 6.07 Å². The van der Waals surface area contributed by atoms with Crippen LogP contribution in [0.25, 0.3) is 11.1 Å². The van der Waals surface area contributed by atoms with Crippen molar-refractivity contribution < 1.29 is 14.3 Å². The van der Waals surface area contributed by atoms with Gasteiger partial charge in [-0.15, -0.1) is 0 Å². The maximum Gasteiger partial charge on any atom is 0.131 e. The first-order chi connectivity index (χ1) is 8.16. The second-order valence-electron chi connectivity index (χ2n) is 3.73. The normalized spacial score (nSPS) is 10.2. The molecule has 0 aliphatic rings. The molecule has 3 heteroatoms. The molecule has 0 amide bonds. The molecule has 0 aliphatic carbocycles. The lowest BCUT2D eigenvalue weighted by molar-refractivity contribution is -0.304. The minimum absolute atomic E-state index is 0.127. The summed E-state index contributed by atoms with van der Waals surface area (Å²) in [6.07, 6.45) is -0.127. The highest BCUT2D eigenvalue weighted by Gasteiger charge is 2.03. The molecule has 2 nitrogen and oxygen atoms in total. The second kappa shape index (κ2) is 4.78. The third-order valence-corrected chi connectivity index (χ3v) is 2.49. The highest BCUT2D eigenvalue weighted by Crippen LogP contribution is 2.22. The maximum atomic E-state index is 13.5. The number of benzene rings is 2. The summed E-state index contributed by atoms with van der Waals surface area (Å²) >= 11 is 0. The number of carbonyl (C=O) groups excluding carboxylic acids is 1. The van der Waals surface area contributed by atoms with Crippen molar-refractivity contribution in [2.24, 2.45) is 0 Å². The number of carbonyl (C=O) groups is 1. The molecule has 0 atom stereocenters. The number of hydrogen-bond acceptors (Lipinski definition) is 2. The molecule has 2 aromatic rings. The van der Waals surface area contributed by atoms with Crippen LogP contribution in [0.1, 0.15) is 5.56 Å². The van der Waals surface area contributed by atoms with Gasteiger partial charge in [-0.3, -0.25) is 0 Å². The smallest absolute Gasteiger partial charge is 0.131 e. The Hall–Kier alpha value is -2.16. The SMILES string of the molecule is O=C([O-])Cc1ccc(-c2ccccc2F)cc1. The van der Waals surface area contributed by atoms with Crippen molar-refractivity contribution in [1.29, 1.82) is 0 Å². The van der Waals surface area contributed by atoms with Crippen LogP contribution in [0.4, 0.5) is 4.39 Å². The predicted octanol–water partition coefficient (Wildman–Crippen LogP) is 1.79. The van der Waals surface area contributed by atoms with Gasteiger partial charge in [0.25, 0.3) is 0 Å². The maximum absolute atomic E-state index is 13.5. The van der Waals surface area contributed by atoms with Gasteiger partial charge in [0.1, 0.15) is 5.82 Å². The van der Waals surface area contributed by atoms with Gasteiger partial charge >= 0.3 is 0 Å². The molecule has 0 N–H and O–H groups in total. The van der Waals surface area contributed by atoms with Gasteiger partial charge < -0.3 is 9.90 Å². The number of rotatable bonds is 3. The first-order valence-corrected chi connectivity index (χ1v) is 5.20. The molecule has 17 heavy (non-hydrogen) atoms. The molecule has 0 aliphatic heterocycles. The second-order valence-corrected chi connectivity index (χ2v) is 3.73. The first kappa shape index (κ1) is 11.3. The van der Waals surface area contributed by atoms with Crippen LogP contribution in [-0.4, -0.2) is 5.97 Å². The van der Waals surface area contributed by atoms with Gasteiger partial charge in [0.05, 0.1) is 0 Å². The zero-order chi connectivity index (χ0) is 12.3. The minimum Gasteiger partial charge on any atom is -0.550 e. The largest absolute Gasteiger partial charge is 0.550 e. The number of carboxylic acids is 1. The van der Waals surface area contributed by atoms with Crippen molar-refractivity contribution in [2.75, 3.05) is 0 Å². The van der Waals surface area contributed by atoms with Gasteiger partial charge in [-0.1, -0.05) is 42.5 Å². The van der Waals surface area contributed by atoms with Crippen LogP contribution in [0.15, 0.2) is 48.5 Å². The van der Waals surface area contributed by atoms with Gasteiger partial charge in [0.2, 0.25) is 0 Å². The standard InChI is InChI=1S/C14H11FO2/c15-13-4-2-1-3-12(13)11-7-5-10(6-8-11)9-14(16)17/h1-8H,9H2,(H,16,17)/p-1. The third-order valence-electron chi connectivity index (χ3n) is 2.49. The first-order valence-electron chi connectivity index (χ1n) is 5.20. The number of carboxylic acid groups (broad SMARTS) is 1. The summed E-state index contributed by atoms with van der Waals surface area (Å²) in [6.45, 7) is 0. The Labute approximate surface area is 98.3 Å². The molecule has 0 unspecified atom stereocenters. The van der Waals surface area contributed by atoms with Crippen molar-refractivity contribution in [3.05, 3.63) is 59.9 Å². The van der Waals surface area contributed by atoms with Crippen LogP contribution in [0.3, 0.4) is 0 Å². The number of hydrogen-bond donors (Lipinski definition) is 0. The van der Waals surface area contributed by atoms with Crippen LogP contribution in [0.2, 0.25) is 0 Å². The quantitative estimate of drug-likeness (QED) is 0.805. The molecule has 2 rings (SSSR count). The van der Waals surface area contributed by atoms with E-state index in [1.54, 1.807) is 42.5 Å². The Kier molecular flexibility index (Phi) is 3.19. The van der Waals surface area contributed by atoms with Crippen molar-refractivity contribution in [3.8, 4) is 11.1 Å². The van der Waals surface area contributed by atoms with Gasteiger partial charge in [-0.05, 0) is 17.2 Å². The lowest BCUT2D eigenvalue weighted by atomic mass is 10.0. The summed E-state index contributed by atoms with van der Waals surface area (Å²) in [5, 5.41) is 10.4. The van der Waals surface area contributed by atoms with Crippen LogP contribution >= 0.6 is 0 Å². The Morgan fingerprint density at radius 3 is 2.29 bits per heavy atom. The van der Waals surface area contributed by atoms with Crippen LogP contribution in [-0.2, 0) is 11.2 Å². The van der Waals surface area contributed by atoms with E-state index in [9.17, 15) is 14.3 Å². The summed E-state index contributed by atoms with van der Waals surface area (Å²) in [5.41, 5.74) is 1.88. The molecule has 0 saturated heterocycles. The van der Waals surface area contributed by atoms with Crippen molar-refractivity contribution >= 4 is 5.97 Å². The Bertz CT molecular complexity index is 532. The summed E-state index contributed by atoms with van der Waals surface area (Å²) < 4.78 is 13.5. The number of halogens is 1. The molecule has 0 fully saturated rings. The molecule has 0 aromatic heterocycles. The van der Waals surface area contributed by atoms with Crippen LogP contribution in [0, 0.1) is 5.82 Å². The van der Waals surface area contributed by atoms with E-state index < -0.39 is 5.97 Å². The van der Waals surface area contributed by atoms with E-state index >= 15 is 0 Å². The van der Waals surface area contributed by atoms with Gasteiger partial charge in [0.15, 0.2) is 0 Å². The average Bonchev–Trinajstić information content (AvgIpc) is 2.30. The summed E-state index contributed by atoms with van der Waals surface area (Å²) in [4.78, 5) is 10.4. The molecular weight excluding hydrogens is 219 g/mol. The van der Waals surface area contributed by atoms with E-state index in [-0.39, 0.29) is 12.2 Å². The predicted molar refractivity (Wildman–Crippen MR) is 60.5 cm³/mol. The molecule has 0 saturated carbocycles. The molecular formula is C14H10FO2-. The molecule has 0 bridgehead atoms. The molecule has 0 heterocycles. The Morgan fingerprint density at radius 1 is 1.06 bits per heavy atom. The van der Waals surface area contributed by atoms with E-state index in [0.29, 0.717) is 11.1 Å². The lowest BCUT2D eigenvalue weighted by Crippen LogP contribution is -2.24. The van der Waals surface area contributed by atoms with Crippen LogP contribution in [0.5, 0.6) is 0 Å². The fourth-order valence-electron chi connectivity index (χ4n) is 1.66. The van der Waals surface area contributed by atoms with E-state index in [0.717, 1.165) is 5.56 Å². The highest BCUT2D eigenvalue weighted by molar-refractivity contribution is 5.69. The Morgan fingerprint density at radius 2 is 1.71 bits per heavy atom. The highest BCUT2D eigenvalue weighted by atomic mass is 19.1. The monoisotopic (exact) mass is 229 g/mol. The van der Waals surface area contributed by atoms with Gasteiger partial charge in [-0.2, -0.15) is 0 Å². The molecule has 86 valence electrons. The van der Waals surface area contributed by atoms with E-state index in [4.69, 9.17) is 0 Å². The lowest BCUT2D eigenvalue weighted by Gasteiger charge is -2.06. The van der Waals surface area contributed by atoms with E-state index in [2.05, 4.69) is 0 Å². The van der Waals surface area contributed by atoms with E-state index in [1.807, 2.05) is 0 Å². The molecule has 0 spiro atoms. The van der Waals surface area contributed by atoms with Crippen LogP contribution < -0.4 is 5.11 Å². The molecule has 2 aromatic carbocycles. The van der Waals surface area contributed by atoms with Crippen molar-refractivity contribution in [1.82, 2.24) is 0 Å². The van der Waals surface area contributed by atoms with Crippen molar-refractivity contribution in [3.63, 3.8) is 0 Å². The number of aliphatic carboxylic acids is 1. The average molecular weight is 229 g/mol. The fourth-order valence-corrected chi connectivity index (χ4v) is 1.66. The third kappa shape index (κ3) is 2.69. The fraction of sp³-hybridized carbons (Fsp3) is 0.0714. The molecule has 0 radical (unpaired) electrons. The Balaban J connectivity index is 2.30. The summed E-state index contributed by atoms with van der Waals surface area (Å²) in [6, 6.07) is 13.2. The summed E-state index contributed by atoms with van der Waals surface area (Å²) in [7, 11) is 0. The minimum atomic E-state index is -1.12. The van der Waals surface area contributed by atoms with Gasteiger partial charge in [-0.25, -0.2) is 4.39 Å². The zero-order valence-corrected chi connectivity index (χ0v) is 9.02. The zero-order valence-electron chi connectivity index (χ0n) is 9.02.